The molecule has 0 N–H and O–H groups in total. The summed E-state index contributed by atoms with van der Waals surface area (Å²) < 4.78 is 5.03. The summed E-state index contributed by atoms with van der Waals surface area (Å²) in [6.45, 7) is 0. The lowest BCUT2D eigenvalue weighted by atomic mass is 9.92. The van der Waals surface area contributed by atoms with E-state index in [4.69, 9.17) is 0 Å². The van der Waals surface area contributed by atoms with Crippen LogP contribution in [-0.4, -0.2) is 9.13 Å². The molecule has 0 aliphatic heterocycles. The van der Waals surface area contributed by atoms with Gasteiger partial charge in [-0.05, 0) is 79.8 Å². The maximum Gasteiger partial charge on any atom is 0.0569 e. The molecule has 2 nitrogen and oxygen atoms in total. The predicted molar refractivity (Wildman–Crippen MR) is 222 cm³/mol. The standard InChI is InChI=1S/C50H30N2/c1-2-12-31(13-3-1)32-26-28-35(29-27-32)51-41-21-9-8-19-40(41)48-44(51)30-45-50-47-38(37-17-6-7-18-39(37)49(48)50)20-11-23-43(47)52(45)42-22-10-15-34-25-24-33-14-4-5-16-36(33)46(34)42/h1-30H. The molecular weight excluding hydrogens is 629 g/mol. The van der Waals surface area contributed by atoms with E-state index in [-0.39, 0.29) is 0 Å². The first-order valence-corrected chi connectivity index (χ1v) is 18.0. The van der Waals surface area contributed by atoms with Crippen LogP contribution < -0.4 is 0 Å². The molecule has 0 atom stereocenters. The van der Waals surface area contributed by atoms with Gasteiger partial charge in [0, 0.05) is 38.0 Å². The Bertz CT molecular complexity index is 3380. The van der Waals surface area contributed by atoms with Crippen LogP contribution in [0.5, 0.6) is 0 Å². The molecule has 2 heterocycles. The van der Waals surface area contributed by atoms with Crippen LogP contribution in [0, 0.1) is 0 Å². The molecule has 240 valence electrons. The van der Waals surface area contributed by atoms with Crippen molar-refractivity contribution in [3.05, 3.63) is 182 Å². The monoisotopic (exact) mass is 658 g/mol. The number of nitrogens with zero attached hydrogens (tertiary/aromatic N) is 2. The molecule has 52 heavy (non-hydrogen) atoms. The average Bonchev–Trinajstić information content (AvgIpc) is 3.73. The molecule has 10 aromatic carbocycles. The number of para-hydroxylation sites is 1. The van der Waals surface area contributed by atoms with Crippen LogP contribution in [0.4, 0.5) is 0 Å². The van der Waals surface area contributed by atoms with Crippen molar-refractivity contribution in [3.63, 3.8) is 0 Å². The second-order valence-electron chi connectivity index (χ2n) is 14.0. The van der Waals surface area contributed by atoms with Crippen LogP contribution in [0.1, 0.15) is 0 Å². The second kappa shape index (κ2) is 10.3. The van der Waals surface area contributed by atoms with E-state index < -0.39 is 0 Å². The number of hydrogen-bond donors (Lipinski definition) is 0. The van der Waals surface area contributed by atoms with E-state index >= 15 is 0 Å². The molecule has 0 spiro atoms. The van der Waals surface area contributed by atoms with Crippen molar-refractivity contribution >= 4 is 86.7 Å². The van der Waals surface area contributed by atoms with Crippen LogP contribution in [0.15, 0.2) is 182 Å². The first kappa shape index (κ1) is 27.9. The highest BCUT2D eigenvalue weighted by Crippen LogP contribution is 2.49. The molecule has 0 saturated heterocycles. The molecule has 0 bridgehead atoms. The highest BCUT2D eigenvalue weighted by atomic mass is 15.0. The first-order valence-electron chi connectivity index (χ1n) is 18.0. The zero-order valence-electron chi connectivity index (χ0n) is 28.2. The van der Waals surface area contributed by atoms with Gasteiger partial charge in [0.15, 0.2) is 0 Å². The minimum Gasteiger partial charge on any atom is -0.309 e. The molecule has 0 amide bonds. The Morgan fingerprint density at radius 1 is 0.269 bits per heavy atom. The van der Waals surface area contributed by atoms with Crippen molar-refractivity contribution in [2.24, 2.45) is 0 Å². The fraction of sp³-hybridized carbons (Fsp3) is 0. The van der Waals surface area contributed by atoms with E-state index in [1.165, 1.54) is 104 Å². The smallest absolute Gasteiger partial charge is 0.0569 e. The van der Waals surface area contributed by atoms with Crippen LogP contribution in [0.3, 0.4) is 0 Å². The quantitative estimate of drug-likeness (QED) is 0.167. The van der Waals surface area contributed by atoms with E-state index in [2.05, 4.69) is 191 Å². The average molecular weight is 659 g/mol. The Morgan fingerprint density at radius 3 is 1.71 bits per heavy atom. The molecule has 2 heteroatoms. The minimum absolute atomic E-state index is 1.15. The van der Waals surface area contributed by atoms with Gasteiger partial charge in [-0.1, -0.05) is 146 Å². The van der Waals surface area contributed by atoms with Gasteiger partial charge in [-0.2, -0.15) is 0 Å². The van der Waals surface area contributed by atoms with E-state index in [9.17, 15) is 0 Å². The van der Waals surface area contributed by atoms with Gasteiger partial charge in [0.1, 0.15) is 0 Å². The summed E-state index contributed by atoms with van der Waals surface area (Å²) in [7, 11) is 0. The SMILES string of the molecule is c1ccc(-c2ccc(-n3c4ccccc4c4c5c6ccccc6c6cccc7c6c5c(cc43)n7-c3cccc4ccc5ccccc5c34)cc2)cc1. The Kier molecular flexibility index (Phi) is 5.53. The lowest BCUT2D eigenvalue weighted by Gasteiger charge is -2.15. The maximum atomic E-state index is 2.55. The Hall–Kier alpha value is -6.90. The van der Waals surface area contributed by atoms with Crippen LogP contribution in [0.25, 0.3) is 109 Å². The molecule has 0 radical (unpaired) electrons. The minimum atomic E-state index is 1.15. The van der Waals surface area contributed by atoms with Gasteiger partial charge in [0.25, 0.3) is 0 Å². The Balaban J connectivity index is 1.30. The van der Waals surface area contributed by atoms with Gasteiger partial charge in [-0.15, -0.1) is 0 Å². The van der Waals surface area contributed by atoms with Gasteiger partial charge in [-0.3, -0.25) is 0 Å². The summed E-state index contributed by atoms with van der Waals surface area (Å²) in [6, 6.07) is 67.1. The third-order valence-corrected chi connectivity index (χ3v) is 11.4. The second-order valence-corrected chi connectivity index (χ2v) is 14.0. The van der Waals surface area contributed by atoms with Gasteiger partial charge in [0.05, 0.1) is 27.8 Å². The van der Waals surface area contributed by atoms with E-state index in [1.807, 2.05) is 0 Å². The lowest BCUT2D eigenvalue weighted by Crippen LogP contribution is -1.97. The van der Waals surface area contributed by atoms with Crippen molar-refractivity contribution in [3.8, 4) is 22.5 Å². The largest absolute Gasteiger partial charge is 0.309 e. The topological polar surface area (TPSA) is 9.86 Å². The molecule has 12 aromatic rings. The van der Waals surface area contributed by atoms with E-state index in [0.717, 1.165) is 5.69 Å². The van der Waals surface area contributed by atoms with Gasteiger partial charge in [-0.25, -0.2) is 0 Å². The van der Waals surface area contributed by atoms with Crippen molar-refractivity contribution in [2.45, 2.75) is 0 Å². The molecule has 0 aliphatic rings. The molecular formula is C50H30N2. The summed E-state index contributed by atoms with van der Waals surface area (Å²) in [6.07, 6.45) is 0. The lowest BCUT2D eigenvalue weighted by molar-refractivity contribution is 1.17. The highest BCUT2D eigenvalue weighted by Gasteiger charge is 2.25. The number of rotatable bonds is 3. The number of benzene rings is 10. The molecule has 2 aromatic heterocycles. The number of fused-ring (bicyclic) bond motifs is 10. The van der Waals surface area contributed by atoms with Gasteiger partial charge in [0.2, 0.25) is 0 Å². The fourth-order valence-corrected chi connectivity index (χ4v) is 9.29. The summed E-state index contributed by atoms with van der Waals surface area (Å²) >= 11 is 0. The van der Waals surface area contributed by atoms with Crippen molar-refractivity contribution < 1.29 is 0 Å². The summed E-state index contributed by atoms with van der Waals surface area (Å²) in [4.78, 5) is 0. The maximum absolute atomic E-state index is 2.55. The summed E-state index contributed by atoms with van der Waals surface area (Å²) in [5.41, 5.74) is 9.69. The first-order chi connectivity index (χ1) is 25.8. The molecule has 0 unspecified atom stereocenters. The third-order valence-electron chi connectivity index (χ3n) is 11.4. The normalized spacial score (nSPS) is 12.2. The molecule has 0 fully saturated rings. The third kappa shape index (κ3) is 3.63. The van der Waals surface area contributed by atoms with Crippen LogP contribution in [0.2, 0.25) is 0 Å². The van der Waals surface area contributed by atoms with Crippen LogP contribution in [-0.2, 0) is 0 Å². The molecule has 0 saturated carbocycles. The zero-order chi connectivity index (χ0) is 33.9. The fourth-order valence-electron chi connectivity index (χ4n) is 9.29. The molecule has 0 aliphatic carbocycles. The Labute approximate surface area is 299 Å². The van der Waals surface area contributed by atoms with Gasteiger partial charge >= 0.3 is 0 Å². The predicted octanol–water partition coefficient (Wildman–Crippen LogP) is 13.6. The molecule has 12 rings (SSSR count). The van der Waals surface area contributed by atoms with E-state index in [0.29, 0.717) is 0 Å². The summed E-state index contributed by atoms with van der Waals surface area (Å²) in [5, 5.41) is 15.5. The highest BCUT2D eigenvalue weighted by molar-refractivity contribution is 6.42. The number of aromatic nitrogens is 2. The van der Waals surface area contributed by atoms with Crippen molar-refractivity contribution in [1.29, 1.82) is 0 Å². The zero-order valence-corrected chi connectivity index (χ0v) is 28.2. The summed E-state index contributed by atoms with van der Waals surface area (Å²) in [5.74, 6) is 0. The van der Waals surface area contributed by atoms with Crippen molar-refractivity contribution in [2.75, 3.05) is 0 Å². The Morgan fingerprint density at radius 2 is 0.846 bits per heavy atom. The van der Waals surface area contributed by atoms with E-state index in [1.54, 1.807) is 0 Å². The number of hydrogen-bond acceptors (Lipinski definition) is 0. The van der Waals surface area contributed by atoms with Crippen molar-refractivity contribution in [1.82, 2.24) is 9.13 Å². The van der Waals surface area contributed by atoms with Gasteiger partial charge < -0.3 is 9.13 Å². The van der Waals surface area contributed by atoms with Crippen LogP contribution >= 0.6 is 0 Å².